The molecule has 158 valence electrons. The molecule has 4 heteroatoms. The molecule has 3 nitrogen and oxygen atoms in total. The van der Waals surface area contributed by atoms with Crippen molar-refractivity contribution < 1.29 is 9.84 Å². The third-order valence-corrected chi connectivity index (χ3v) is 5.72. The first-order valence-electron chi connectivity index (χ1n) is 10.8. The quantitative estimate of drug-likeness (QED) is 0.372. The van der Waals surface area contributed by atoms with E-state index in [0.717, 1.165) is 55.8 Å². The molecule has 1 aromatic heterocycles. The summed E-state index contributed by atoms with van der Waals surface area (Å²) in [5.41, 5.74) is 4.95. The predicted octanol–water partition coefficient (Wildman–Crippen LogP) is 6.80. The van der Waals surface area contributed by atoms with E-state index in [1.807, 2.05) is 0 Å². The number of aryl methyl sites for hydroxylation is 2. The molecule has 0 radical (unpaired) electrons. The van der Waals surface area contributed by atoms with E-state index in [4.69, 9.17) is 14.8 Å². The Balaban J connectivity index is 0.000000537. The van der Waals surface area contributed by atoms with Crippen LogP contribution in [0.25, 0.3) is 20.8 Å². The first kappa shape index (κ1) is 23.5. The van der Waals surface area contributed by atoms with Gasteiger partial charge in [0.25, 0.3) is 0 Å². The summed E-state index contributed by atoms with van der Waals surface area (Å²) in [6.45, 7) is 8.47. The van der Waals surface area contributed by atoms with Crippen molar-refractivity contribution >= 4 is 21.6 Å². The Morgan fingerprint density at radius 3 is 2.31 bits per heavy atom. The SMILES string of the molecule is CCCCO.CCCCOCCCc1ccc(-c2nc3ccc(C)cc3s2)cc1. The van der Waals surface area contributed by atoms with Gasteiger partial charge in [-0.2, -0.15) is 0 Å². The first-order valence-corrected chi connectivity index (χ1v) is 11.6. The van der Waals surface area contributed by atoms with Gasteiger partial charge in [0, 0.05) is 25.4 Å². The number of hydrogen-bond acceptors (Lipinski definition) is 4. The van der Waals surface area contributed by atoms with Crippen LogP contribution in [0.3, 0.4) is 0 Å². The zero-order chi connectivity index (χ0) is 20.9. The summed E-state index contributed by atoms with van der Waals surface area (Å²) >= 11 is 1.77. The smallest absolute Gasteiger partial charge is 0.124 e. The topological polar surface area (TPSA) is 42.4 Å². The summed E-state index contributed by atoms with van der Waals surface area (Å²) in [4.78, 5) is 4.76. The van der Waals surface area contributed by atoms with Crippen LogP contribution in [-0.4, -0.2) is 29.9 Å². The fraction of sp³-hybridized carbons (Fsp3) is 0.480. The molecule has 0 spiro atoms. The maximum Gasteiger partial charge on any atom is 0.124 e. The summed E-state index contributed by atoms with van der Waals surface area (Å²) < 4.78 is 6.89. The zero-order valence-electron chi connectivity index (χ0n) is 18.1. The number of benzene rings is 2. The van der Waals surface area contributed by atoms with Crippen molar-refractivity contribution in [2.75, 3.05) is 19.8 Å². The van der Waals surface area contributed by atoms with Gasteiger partial charge in [0.2, 0.25) is 0 Å². The molecule has 2 aromatic carbocycles. The van der Waals surface area contributed by atoms with Crippen LogP contribution < -0.4 is 0 Å². The maximum atomic E-state index is 8.07. The molecule has 0 saturated heterocycles. The van der Waals surface area contributed by atoms with Gasteiger partial charge in [0.15, 0.2) is 0 Å². The van der Waals surface area contributed by atoms with Gasteiger partial charge < -0.3 is 9.84 Å². The summed E-state index contributed by atoms with van der Waals surface area (Å²) in [6, 6.07) is 15.3. The fourth-order valence-electron chi connectivity index (χ4n) is 2.85. The zero-order valence-corrected chi connectivity index (χ0v) is 18.9. The summed E-state index contributed by atoms with van der Waals surface area (Å²) in [7, 11) is 0. The lowest BCUT2D eigenvalue weighted by atomic mass is 10.1. The molecule has 0 atom stereocenters. The molecule has 1 heterocycles. The van der Waals surface area contributed by atoms with Gasteiger partial charge in [-0.25, -0.2) is 4.98 Å². The number of unbranched alkanes of at least 4 members (excludes halogenated alkanes) is 2. The molecule has 0 fully saturated rings. The molecule has 0 aliphatic heterocycles. The third-order valence-electron chi connectivity index (χ3n) is 4.65. The van der Waals surface area contributed by atoms with E-state index in [1.54, 1.807) is 11.3 Å². The van der Waals surface area contributed by atoms with E-state index >= 15 is 0 Å². The Morgan fingerprint density at radius 2 is 1.66 bits per heavy atom. The van der Waals surface area contributed by atoms with E-state index in [1.165, 1.54) is 27.8 Å². The highest BCUT2D eigenvalue weighted by atomic mass is 32.1. The number of ether oxygens (including phenoxy) is 1. The van der Waals surface area contributed by atoms with Gasteiger partial charge in [0.1, 0.15) is 5.01 Å². The third kappa shape index (κ3) is 8.25. The Morgan fingerprint density at radius 1 is 0.931 bits per heavy atom. The second kappa shape index (κ2) is 13.5. The van der Waals surface area contributed by atoms with E-state index < -0.39 is 0 Å². The summed E-state index contributed by atoms with van der Waals surface area (Å²) in [5.74, 6) is 0. The largest absolute Gasteiger partial charge is 0.396 e. The van der Waals surface area contributed by atoms with Gasteiger partial charge in [-0.3, -0.25) is 0 Å². The van der Waals surface area contributed by atoms with Crippen LogP contribution in [0.15, 0.2) is 42.5 Å². The number of nitrogens with zero attached hydrogens (tertiary/aromatic N) is 1. The number of hydrogen-bond donors (Lipinski definition) is 1. The van der Waals surface area contributed by atoms with Gasteiger partial charge in [-0.05, 0) is 55.9 Å². The lowest BCUT2D eigenvalue weighted by Crippen LogP contribution is -1.98. The van der Waals surface area contributed by atoms with Crippen LogP contribution >= 0.6 is 11.3 Å². The number of thiazole rings is 1. The minimum atomic E-state index is 0.344. The Hall–Kier alpha value is -1.75. The van der Waals surface area contributed by atoms with Gasteiger partial charge in [-0.15, -0.1) is 11.3 Å². The van der Waals surface area contributed by atoms with Gasteiger partial charge >= 0.3 is 0 Å². The molecular weight excluding hydrogens is 378 g/mol. The van der Waals surface area contributed by atoms with E-state index in [9.17, 15) is 0 Å². The fourth-order valence-corrected chi connectivity index (χ4v) is 3.92. The van der Waals surface area contributed by atoms with E-state index in [0.29, 0.717) is 6.61 Å². The van der Waals surface area contributed by atoms with Crippen molar-refractivity contribution in [2.45, 2.75) is 59.3 Å². The molecular formula is C25H35NO2S. The van der Waals surface area contributed by atoms with Crippen LogP contribution in [0, 0.1) is 6.92 Å². The molecule has 0 aliphatic rings. The highest BCUT2D eigenvalue weighted by Crippen LogP contribution is 2.30. The van der Waals surface area contributed by atoms with Gasteiger partial charge in [0.05, 0.1) is 10.2 Å². The highest BCUT2D eigenvalue weighted by Gasteiger charge is 2.06. The molecule has 0 unspecified atom stereocenters. The van der Waals surface area contributed by atoms with Crippen molar-refractivity contribution in [1.82, 2.24) is 4.98 Å². The monoisotopic (exact) mass is 413 g/mol. The highest BCUT2D eigenvalue weighted by molar-refractivity contribution is 7.21. The summed E-state index contributed by atoms with van der Waals surface area (Å²) in [5, 5.41) is 9.17. The van der Waals surface area contributed by atoms with Crippen molar-refractivity contribution in [3.05, 3.63) is 53.6 Å². The van der Waals surface area contributed by atoms with Crippen LogP contribution in [0.5, 0.6) is 0 Å². The number of fused-ring (bicyclic) bond motifs is 1. The van der Waals surface area contributed by atoms with Crippen LogP contribution in [0.4, 0.5) is 0 Å². The summed E-state index contributed by atoms with van der Waals surface area (Å²) in [6.07, 6.45) is 6.56. The van der Waals surface area contributed by atoms with Crippen LogP contribution in [0.2, 0.25) is 0 Å². The molecule has 3 aromatic rings. The average molecular weight is 414 g/mol. The molecule has 3 rings (SSSR count). The average Bonchev–Trinajstić information content (AvgIpc) is 3.15. The Kier molecular flexibility index (Phi) is 10.9. The molecule has 0 aliphatic carbocycles. The Labute approximate surface area is 179 Å². The minimum Gasteiger partial charge on any atom is -0.396 e. The number of rotatable bonds is 10. The van der Waals surface area contributed by atoms with E-state index in [2.05, 4.69) is 63.2 Å². The van der Waals surface area contributed by atoms with Crippen molar-refractivity contribution in [1.29, 1.82) is 0 Å². The first-order chi connectivity index (χ1) is 14.2. The standard InChI is InChI=1S/C21H25NOS.C4H10O/c1-3-4-13-23-14-5-6-17-8-10-18(11-9-17)21-22-19-12-7-16(2)15-20(19)24-21;1-2-3-4-5/h7-12,15H,3-6,13-14H2,1-2H3;5H,2-4H2,1H3. The number of aromatic nitrogens is 1. The lowest BCUT2D eigenvalue weighted by Gasteiger charge is -2.04. The predicted molar refractivity (Wildman–Crippen MR) is 126 cm³/mol. The van der Waals surface area contributed by atoms with Crippen molar-refractivity contribution in [3.8, 4) is 10.6 Å². The molecule has 0 amide bonds. The van der Waals surface area contributed by atoms with Crippen molar-refractivity contribution in [3.63, 3.8) is 0 Å². The van der Waals surface area contributed by atoms with Crippen LogP contribution in [0.1, 0.15) is 57.1 Å². The molecule has 1 N–H and O–H groups in total. The van der Waals surface area contributed by atoms with Crippen LogP contribution in [-0.2, 0) is 11.2 Å². The molecule has 0 bridgehead atoms. The number of aliphatic hydroxyl groups is 1. The minimum absolute atomic E-state index is 0.344. The van der Waals surface area contributed by atoms with Gasteiger partial charge in [-0.1, -0.05) is 57.0 Å². The second-order valence-electron chi connectivity index (χ2n) is 7.33. The maximum absolute atomic E-state index is 8.07. The van der Waals surface area contributed by atoms with Crippen molar-refractivity contribution in [2.24, 2.45) is 0 Å². The number of aliphatic hydroxyl groups excluding tert-OH is 1. The second-order valence-corrected chi connectivity index (χ2v) is 8.36. The normalized spacial score (nSPS) is 10.8. The molecule has 0 saturated carbocycles. The Bertz CT molecular complexity index is 824. The lowest BCUT2D eigenvalue weighted by molar-refractivity contribution is 0.129. The van der Waals surface area contributed by atoms with E-state index in [-0.39, 0.29) is 0 Å². The molecule has 29 heavy (non-hydrogen) atoms.